The number of thiol groups is 1. The molecule has 0 N–H and O–H groups in total. The number of hydrogen-bond acceptors (Lipinski definition) is 0. The molecule has 0 aliphatic carbocycles. The molecule has 1 atom stereocenters. The number of hydrogen-bond donors (Lipinski definition) is 1. The first kappa shape index (κ1) is 5.89. The molecule has 2 heteroatoms. The molecule has 0 amide bonds. The van der Waals surface area contributed by atoms with Crippen LogP contribution in [-0.4, -0.2) is 16.7 Å². The lowest BCUT2D eigenvalue weighted by Gasteiger charge is -1.90. The minimum Gasteiger partial charge on any atom is -0.200 e. The van der Waals surface area contributed by atoms with Gasteiger partial charge in [-0.1, -0.05) is 12.6 Å². The molecule has 1 aliphatic heterocycles. The Bertz CT molecular complexity index is 158. The molecule has 0 aromatic heterocycles. The summed E-state index contributed by atoms with van der Waals surface area (Å²) >= 11 is 4.26. The second-order valence-electron chi connectivity index (χ2n) is 2.10. The summed E-state index contributed by atoms with van der Waals surface area (Å²) in [4.78, 5) is 0. The first-order valence-electron chi connectivity index (χ1n) is 2.69. The second kappa shape index (κ2) is 1.94. The molecular weight excluding hydrogens is 118 g/mol. The minimum atomic E-state index is 0.517. The molecule has 0 saturated carbocycles. The van der Waals surface area contributed by atoms with E-state index in [0.29, 0.717) is 5.92 Å². The first-order chi connectivity index (χ1) is 3.72. The van der Waals surface area contributed by atoms with Crippen molar-refractivity contribution in [2.45, 2.75) is 6.92 Å². The monoisotopic (exact) mass is 128 g/mol. The lowest BCUT2D eigenvalue weighted by Crippen LogP contribution is -2.05. The smallest absolute Gasteiger partial charge is 0.200 e. The highest BCUT2D eigenvalue weighted by Gasteiger charge is 2.17. The molecule has 0 radical (unpaired) electrons. The number of rotatable bonds is 0. The van der Waals surface area contributed by atoms with E-state index in [2.05, 4.69) is 25.6 Å². The van der Waals surface area contributed by atoms with Crippen molar-refractivity contribution in [3.63, 3.8) is 0 Å². The normalized spacial score (nSPS) is 27.6. The van der Waals surface area contributed by atoms with Gasteiger partial charge in [0.2, 0.25) is 5.04 Å². The van der Waals surface area contributed by atoms with Crippen molar-refractivity contribution in [2.24, 2.45) is 5.92 Å². The topological polar surface area (TPSA) is 3.01 Å². The predicted octanol–water partition coefficient (Wildman–Crippen LogP) is 1.12. The molecule has 0 aromatic carbocycles. The fourth-order valence-electron chi connectivity index (χ4n) is 0.742. The quantitative estimate of drug-likeness (QED) is 0.368. The maximum Gasteiger partial charge on any atom is 0.219 e. The van der Waals surface area contributed by atoms with E-state index in [9.17, 15) is 0 Å². The Labute approximate surface area is 55.1 Å². The lowest BCUT2D eigenvalue weighted by atomic mass is 10.2. The van der Waals surface area contributed by atoms with Gasteiger partial charge in [-0.05, 0) is 13.0 Å². The van der Waals surface area contributed by atoms with Crippen LogP contribution in [0.5, 0.6) is 0 Å². The Balaban J connectivity index is 2.85. The zero-order chi connectivity index (χ0) is 6.15. The molecule has 1 heterocycles. The third kappa shape index (κ3) is 0.802. The van der Waals surface area contributed by atoms with Crippen LogP contribution in [0.25, 0.3) is 0 Å². The lowest BCUT2D eigenvalue weighted by molar-refractivity contribution is -0.416. The Hall–Kier alpha value is -0.240. The first-order valence-corrected chi connectivity index (χ1v) is 3.13. The zero-order valence-electron chi connectivity index (χ0n) is 5.13. The third-order valence-electron chi connectivity index (χ3n) is 1.37. The summed E-state index contributed by atoms with van der Waals surface area (Å²) in [7, 11) is 2.00. The van der Waals surface area contributed by atoms with Crippen molar-refractivity contribution in [1.29, 1.82) is 0 Å². The highest BCUT2D eigenvalue weighted by atomic mass is 32.1. The van der Waals surface area contributed by atoms with E-state index in [1.54, 1.807) is 0 Å². The van der Waals surface area contributed by atoms with Gasteiger partial charge in [-0.2, -0.15) is 4.58 Å². The molecule has 0 bridgehead atoms. The Morgan fingerprint density at radius 1 is 1.75 bits per heavy atom. The van der Waals surface area contributed by atoms with Crippen LogP contribution in [0.4, 0.5) is 0 Å². The fraction of sp³-hybridized carbons (Fsp3) is 0.500. The summed E-state index contributed by atoms with van der Waals surface area (Å²) in [6, 6.07) is 0. The molecule has 1 unspecified atom stereocenters. The molecule has 44 valence electrons. The summed E-state index contributed by atoms with van der Waals surface area (Å²) in [5, 5.41) is 1.13. The number of nitrogens with zero attached hydrogens (tertiary/aromatic N) is 1. The van der Waals surface area contributed by atoms with Crippen molar-refractivity contribution in [1.82, 2.24) is 0 Å². The maximum atomic E-state index is 4.26. The minimum absolute atomic E-state index is 0.517. The second-order valence-corrected chi connectivity index (χ2v) is 2.56. The fourth-order valence-corrected chi connectivity index (χ4v) is 0.895. The molecule has 0 fully saturated rings. The van der Waals surface area contributed by atoms with E-state index in [1.165, 1.54) is 0 Å². The van der Waals surface area contributed by atoms with Gasteiger partial charge in [0.25, 0.3) is 0 Å². The Morgan fingerprint density at radius 2 is 2.38 bits per heavy atom. The van der Waals surface area contributed by atoms with Crippen molar-refractivity contribution in [2.75, 3.05) is 7.05 Å². The van der Waals surface area contributed by atoms with Gasteiger partial charge in [0, 0.05) is 0 Å². The van der Waals surface area contributed by atoms with Gasteiger partial charge in [0.15, 0.2) is 6.20 Å². The van der Waals surface area contributed by atoms with E-state index >= 15 is 0 Å². The molecule has 0 spiro atoms. The third-order valence-corrected chi connectivity index (χ3v) is 2.09. The SMILES string of the molecule is CC1C=C[N+](C)=C1S. The van der Waals surface area contributed by atoms with Crippen LogP contribution in [0.1, 0.15) is 6.92 Å². The molecule has 8 heavy (non-hydrogen) atoms. The van der Waals surface area contributed by atoms with E-state index in [4.69, 9.17) is 0 Å². The van der Waals surface area contributed by atoms with Crippen molar-refractivity contribution >= 4 is 17.7 Å². The summed E-state index contributed by atoms with van der Waals surface area (Å²) in [6.07, 6.45) is 4.16. The van der Waals surface area contributed by atoms with Gasteiger partial charge in [0.05, 0.1) is 5.92 Å². The maximum absolute atomic E-state index is 4.26. The van der Waals surface area contributed by atoms with Crippen molar-refractivity contribution in [3.8, 4) is 0 Å². The predicted molar refractivity (Wildman–Crippen MR) is 38.5 cm³/mol. The van der Waals surface area contributed by atoms with Crippen LogP contribution >= 0.6 is 12.6 Å². The van der Waals surface area contributed by atoms with Crippen LogP contribution in [0, 0.1) is 5.92 Å². The van der Waals surface area contributed by atoms with E-state index < -0.39 is 0 Å². The van der Waals surface area contributed by atoms with Gasteiger partial charge in [-0.15, -0.1) is 0 Å². The zero-order valence-corrected chi connectivity index (χ0v) is 6.02. The van der Waals surface area contributed by atoms with Crippen molar-refractivity contribution < 1.29 is 4.58 Å². The molecule has 1 nitrogen and oxygen atoms in total. The van der Waals surface area contributed by atoms with Gasteiger partial charge < -0.3 is 0 Å². The average Bonchev–Trinajstić information content (AvgIpc) is 1.98. The molecule has 1 rings (SSSR count). The van der Waals surface area contributed by atoms with E-state index in [0.717, 1.165) is 5.04 Å². The van der Waals surface area contributed by atoms with Crippen LogP contribution in [0.2, 0.25) is 0 Å². The molecule has 1 aliphatic rings. The average molecular weight is 128 g/mol. The Morgan fingerprint density at radius 3 is 2.50 bits per heavy atom. The highest BCUT2D eigenvalue weighted by Crippen LogP contribution is 2.09. The van der Waals surface area contributed by atoms with Gasteiger partial charge >= 0.3 is 0 Å². The van der Waals surface area contributed by atoms with Gasteiger partial charge in [0.1, 0.15) is 7.05 Å². The van der Waals surface area contributed by atoms with Gasteiger partial charge in [-0.3, -0.25) is 0 Å². The number of allylic oxidation sites excluding steroid dienone is 1. The van der Waals surface area contributed by atoms with E-state index in [-0.39, 0.29) is 0 Å². The standard InChI is InChI=1S/C6H9NS/c1-5-3-4-7(2)6(5)8/h3-5H,1-2H3/p+1. The summed E-state index contributed by atoms with van der Waals surface area (Å²) in [6.45, 7) is 2.13. The van der Waals surface area contributed by atoms with Crippen molar-refractivity contribution in [3.05, 3.63) is 12.3 Å². The summed E-state index contributed by atoms with van der Waals surface area (Å²) in [5.74, 6) is 0.517. The molecule has 0 aromatic rings. The van der Waals surface area contributed by atoms with Crippen LogP contribution in [-0.2, 0) is 0 Å². The van der Waals surface area contributed by atoms with Crippen LogP contribution < -0.4 is 0 Å². The summed E-state index contributed by atoms with van der Waals surface area (Å²) in [5.41, 5.74) is 0. The van der Waals surface area contributed by atoms with Crippen LogP contribution in [0.15, 0.2) is 12.3 Å². The summed E-state index contributed by atoms with van der Waals surface area (Å²) < 4.78 is 2.02. The van der Waals surface area contributed by atoms with Gasteiger partial charge in [-0.25, -0.2) is 0 Å². The largest absolute Gasteiger partial charge is 0.219 e. The van der Waals surface area contributed by atoms with Crippen LogP contribution in [0.3, 0.4) is 0 Å². The highest BCUT2D eigenvalue weighted by molar-refractivity contribution is 7.96. The molecule has 0 saturated heterocycles. The molecular formula is C6H10NS+. The Kier molecular flexibility index (Phi) is 1.43. The van der Waals surface area contributed by atoms with E-state index in [1.807, 2.05) is 17.8 Å².